The van der Waals surface area contributed by atoms with Crippen molar-refractivity contribution in [2.24, 2.45) is 0 Å². The van der Waals surface area contributed by atoms with E-state index < -0.39 is 0 Å². The fraction of sp³-hybridized carbons (Fsp3) is 0.125. The van der Waals surface area contributed by atoms with E-state index in [4.69, 9.17) is 5.73 Å². The molecule has 0 saturated carbocycles. The van der Waals surface area contributed by atoms with Crippen LogP contribution in [0.1, 0.15) is 21.1 Å². The molecular weight excluding hydrogens is 324 g/mol. The molecule has 3 aromatic rings. The van der Waals surface area contributed by atoms with Crippen LogP contribution >= 0.6 is 11.5 Å². The van der Waals surface area contributed by atoms with Gasteiger partial charge in [-0.05, 0) is 48.8 Å². The maximum absolute atomic E-state index is 12.1. The number of carbonyl (C=O) groups is 1. The number of nitrogens with zero attached hydrogens (tertiary/aromatic N) is 3. The minimum Gasteiger partial charge on any atom is -0.382 e. The van der Waals surface area contributed by atoms with Crippen molar-refractivity contribution in [1.82, 2.24) is 14.3 Å². The van der Waals surface area contributed by atoms with Gasteiger partial charge in [-0.15, -0.1) is 0 Å². The van der Waals surface area contributed by atoms with Crippen molar-refractivity contribution < 1.29 is 4.79 Å². The lowest BCUT2D eigenvalue weighted by Crippen LogP contribution is -2.13. The van der Waals surface area contributed by atoms with Gasteiger partial charge in [0.25, 0.3) is 5.91 Å². The standard InChI is InChI=1S/C16H16N6OS/c1-10-7-14(22-24-10)16(23)21-11-4-6-18-12(8-11)9-20-13-3-2-5-19-15(13)17/h2-8,20H,9H2,1H3,(H2,17,19)(H,18,21,23). The maximum Gasteiger partial charge on any atom is 0.275 e. The molecule has 1 amide bonds. The molecule has 0 saturated heterocycles. The zero-order chi connectivity index (χ0) is 16.9. The van der Waals surface area contributed by atoms with Crippen LogP contribution < -0.4 is 16.4 Å². The molecule has 3 heterocycles. The van der Waals surface area contributed by atoms with E-state index in [1.807, 2.05) is 13.0 Å². The van der Waals surface area contributed by atoms with Gasteiger partial charge in [0, 0.05) is 23.0 Å². The molecule has 3 aromatic heterocycles. The third kappa shape index (κ3) is 3.85. The number of nitrogens with two attached hydrogens (primary N) is 1. The summed E-state index contributed by atoms with van der Waals surface area (Å²) in [6, 6.07) is 8.95. The van der Waals surface area contributed by atoms with Gasteiger partial charge in [-0.2, -0.15) is 4.37 Å². The molecule has 0 atom stereocenters. The van der Waals surface area contributed by atoms with Crippen LogP contribution in [0.2, 0.25) is 0 Å². The molecule has 4 N–H and O–H groups in total. The van der Waals surface area contributed by atoms with Crippen LogP contribution in [0.15, 0.2) is 42.7 Å². The van der Waals surface area contributed by atoms with Gasteiger partial charge in [0.2, 0.25) is 0 Å². The Labute approximate surface area is 143 Å². The molecule has 24 heavy (non-hydrogen) atoms. The average molecular weight is 340 g/mol. The van der Waals surface area contributed by atoms with Crippen LogP contribution in [0.4, 0.5) is 17.2 Å². The van der Waals surface area contributed by atoms with Gasteiger partial charge in [-0.25, -0.2) is 4.98 Å². The fourth-order valence-electron chi connectivity index (χ4n) is 2.07. The zero-order valence-electron chi connectivity index (χ0n) is 13.0. The van der Waals surface area contributed by atoms with Gasteiger partial charge in [-0.3, -0.25) is 9.78 Å². The Morgan fingerprint density at radius 1 is 1.25 bits per heavy atom. The highest BCUT2D eigenvalue weighted by atomic mass is 32.1. The number of aromatic nitrogens is 3. The van der Waals surface area contributed by atoms with E-state index in [9.17, 15) is 4.79 Å². The molecule has 122 valence electrons. The monoisotopic (exact) mass is 340 g/mol. The Bertz CT molecular complexity index is 863. The first kappa shape index (κ1) is 15.9. The second-order valence-electron chi connectivity index (χ2n) is 5.10. The summed E-state index contributed by atoms with van der Waals surface area (Å²) in [5, 5.41) is 5.99. The summed E-state index contributed by atoms with van der Waals surface area (Å²) in [4.78, 5) is 21.4. The topological polar surface area (TPSA) is 106 Å². The van der Waals surface area contributed by atoms with Crippen molar-refractivity contribution in [1.29, 1.82) is 0 Å². The Hall–Kier alpha value is -3.00. The number of nitrogen functional groups attached to an aromatic ring is 1. The van der Waals surface area contributed by atoms with Gasteiger partial charge in [0.15, 0.2) is 0 Å². The molecule has 0 aliphatic rings. The first-order valence-corrected chi connectivity index (χ1v) is 8.03. The molecule has 0 fully saturated rings. The molecule has 0 aromatic carbocycles. The Balaban J connectivity index is 1.66. The van der Waals surface area contributed by atoms with Crippen molar-refractivity contribution in [3.8, 4) is 0 Å². The lowest BCUT2D eigenvalue weighted by atomic mass is 10.3. The van der Waals surface area contributed by atoms with E-state index in [-0.39, 0.29) is 5.91 Å². The van der Waals surface area contributed by atoms with Crippen molar-refractivity contribution in [2.45, 2.75) is 13.5 Å². The molecule has 7 nitrogen and oxygen atoms in total. The number of hydrogen-bond acceptors (Lipinski definition) is 7. The van der Waals surface area contributed by atoms with Crippen LogP contribution in [0.25, 0.3) is 0 Å². The normalized spacial score (nSPS) is 10.4. The predicted molar refractivity (Wildman–Crippen MR) is 95.0 cm³/mol. The second kappa shape index (κ2) is 7.05. The minimum atomic E-state index is -0.235. The molecule has 8 heteroatoms. The van der Waals surface area contributed by atoms with E-state index in [0.29, 0.717) is 23.7 Å². The summed E-state index contributed by atoms with van der Waals surface area (Å²) in [7, 11) is 0. The van der Waals surface area contributed by atoms with Gasteiger partial charge in [0.1, 0.15) is 11.5 Å². The fourth-order valence-corrected chi connectivity index (χ4v) is 2.62. The average Bonchev–Trinajstić information content (AvgIpc) is 3.01. The van der Waals surface area contributed by atoms with E-state index >= 15 is 0 Å². The largest absolute Gasteiger partial charge is 0.382 e. The van der Waals surface area contributed by atoms with Gasteiger partial charge < -0.3 is 16.4 Å². The Morgan fingerprint density at radius 2 is 2.12 bits per heavy atom. The Kier molecular flexibility index (Phi) is 4.66. The summed E-state index contributed by atoms with van der Waals surface area (Å²) >= 11 is 1.30. The number of amides is 1. The number of rotatable bonds is 5. The summed E-state index contributed by atoms with van der Waals surface area (Å²) in [6.45, 7) is 2.38. The first-order valence-electron chi connectivity index (χ1n) is 7.26. The molecule has 3 rings (SSSR count). The number of aryl methyl sites for hydroxylation is 1. The van der Waals surface area contributed by atoms with Gasteiger partial charge in [-0.1, -0.05) is 0 Å². The van der Waals surface area contributed by atoms with Crippen LogP contribution in [0, 0.1) is 6.92 Å². The lowest BCUT2D eigenvalue weighted by Gasteiger charge is -2.09. The predicted octanol–water partition coefficient (Wildman–Crippen LogP) is 2.69. The minimum absolute atomic E-state index is 0.235. The van der Waals surface area contributed by atoms with E-state index in [2.05, 4.69) is 25.0 Å². The zero-order valence-corrected chi connectivity index (χ0v) is 13.8. The van der Waals surface area contributed by atoms with Crippen molar-refractivity contribution in [3.05, 3.63) is 59.0 Å². The van der Waals surface area contributed by atoms with E-state index in [0.717, 1.165) is 16.3 Å². The summed E-state index contributed by atoms with van der Waals surface area (Å²) < 4.78 is 4.10. The number of anilines is 3. The third-order valence-electron chi connectivity index (χ3n) is 3.23. The van der Waals surface area contributed by atoms with Crippen LogP contribution in [-0.2, 0) is 6.54 Å². The summed E-state index contributed by atoms with van der Waals surface area (Å²) in [5.74, 6) is 0.196. The number of nitrogens with one attached hydrogen (secondary N) is 2. The van der Waals surface area contributed by atoms with Crippen molar-refractivity contribution in [2.75, 3.05) is 16.4 Å². The summed E-state index contributed by atoms with van der Waals surface area (Å²) in [6.07, 6.45) is 3.28. The Morgan fingerprint density at radius 3 is 2.88 bits per heavy atom. The molecule has 0 aliphatic carbocycles. The summed E-state index contributed by atoms with van der Waals surface area (Å²) in [5.41, 5.74) is 8.38. The highest BCUT2D eigenvalue weighted by Crippen LogP contribution is 2.16. The van der Waals surface area contributed by atoms with Gasteiger partial charge in [0.05, 0.1) is 17.9 Å². The number of hydrogen-bond donors (Lipinski definition) is 3. The molecule has 0 spiro atoms. The molecule has 0 aliphatic heterocycles. The molecule has 0 radical (unpaired) electrons. The van der Waals surface area contributed by atoms with E-state index in [1.165, 1.54) is 11.5 Å². The quantitative estimate of drug-likeness (QED) is 0.659. The number of pyridine rings is 2. The third-order valence-corrected chi connectivity index (χ3v) is 3.93. The SMILES string of the molecule is Cc1cc(C(=O)Nc2ccnc(CNc3cccnc3N)c2)ns1. The maximum atomic E-state index is 12.1. The van der Waals surface area contributed by atoms with Gasteiger partial charge >= 0.3 is 0 Å². The first-order chi connectivity index (χ1) is 11.6. The molecule has 0 unspecified atom stereocenters. The van der Waals surface area contributed by atoms with Crippen LogP contribution in [-0.4, -0.2) is 20.2 Å². The number of carbonyl (C=O) groups excluding carboxylic acids is 1. The highest BCUT2D eigenvalue weighted by molar-refractivity contribution is 7.05. The van der Waals surface area contributed by atoms with Crippen LogP contribution in [0.5, 0.6) is 0 Å². The molecular formula is C16H16N6OS. The lowest BCUT2D eigenvalue weighted by molar-refractivity contribution is 0.102. The van der Waals surface area contributed by atoms with Crippen molar-refractivity contribution >= 4 is 34.6 Å². The molecule has 0 bridgehead atoms. The van der Waals surface area contributed by atoms with Crippen LogP contribution in [0.3, 0.4) is 0 Å². The second-order valence-corrected chi connectivity index (χ2v) is 6.11. The van der Waals surface area contributed by atoms with E-state index in [1.54, 1.807) is 36.7 Å². The smallest absolute Gasteiger partial charge is 0.275 e. The van der Waals surface area contributed by atoms with Crippen molar-refractivity contribution in [3.63, 3.8) is 0 Å². The highest BCUT2D eigenvalue weighted by Gasteiger charge is 2.10.